The van der Waals surface area contributed by atoms with Gasteiger partial charge in [-0.25, -0.2) is 0 Å². The van der Waals surface area contributed by atoms with Crippen LogP contribution < -0.4 is 4.90 Å². The fourth-order valence-electron chi connectivity index (χ4n) is 1.83. The number of benzene rings is 1. The van der Waals surface area contributed by atoms with Crippen molar-refractivity contribution in [1.82, 2.24) is 0 Å². The second-order valence-electron chi connectivity index (χ2n) is 4.20. The summed E-state index contributed by atoms with van der Waals surface area (Å²) in [5.74, 6) is -0.331. The highest BCUT2D eigenvalue weighted by molar-refractivity contribution is 5.96. The molecule has 0 radical (unpaired) electrons. The van der Waals surface area contributed by atoms with Gasteiger partial charge in [0, 0.05) is 19.2 Å². The van der Waals surface area contributed by atoms with Crippen LogP contribution in [0.25, 0.3) is 0 Å². The standard InChI is InChI=1S/C15H14N2O2/c1-17(13-6-3-2-4-7-13)15(18)12(11-16)10-14-8-5-9-19-14/h2-9,12H,10H2,1H3. The molecule has 0 saturated heterocycles. The molecule has 0 saturated carbocycles. The van der Waals surface area contributed by atoms with Crippen LogP contribution in [-0.2, 0) is 11.2 Å². The number of furan rings is 1. The quantitative estimate of drug-likeness (QED) is 0.842. The smallest absolute Gasteiger partial charge is 0.244 e. The Kier molecular flexibility index (Phi) is 3.99. The first-order chi connectivity index (χ1) is 9.22. The lowest BCUT2D eigenvalue weighted by Gasteiger charge is -2.19. The molecule has 0 aliphatic heterocycles. The lowest BCUT2D eigenvalue weighted by Crippen LogP contribution is -2.33. The predicted molar refractivity (Wildman–Crippen MR) is 71.4 cm³/mol. The van der Waals surface area contributed by atoms with Crippen LogP contribution in [0.4, 0.5) is 5.69 Å². The van der Waals surface area contributed by atoms with Crippen molar-refractivity contribution in [3.63, 3.8) is 0 Å². The van der Waals surface area contributed by atoms with Gasteiger partial charge in [-0.1, -0.05) is 18.2 Å². The molecule has 19 heavy (non-hydrogen) atoms. The van der Waals surface area contributed by atoms with Crippen LogP contribution in [-0.4, -0.2) is 13.0 Å². The lowest BCUT2D eigenvalue weighted by atomic mass is 10.0. The third-order valence-corrected chi connectivity index (χ3v) is 2.91. The van der Waals surface area contributed by atoms with E-state index in [4.69, 9.17) is 9.68 Å². The van der Waals surface area contributed by atoms with Gasteiger partial charge < -0.3 is 9.32 Å². The molecule has 1 heterocycles. The van der Waals surface area contributed by atoms with Gasteiger partial charge in [0.2, 0.25) is 5.91 Å². The molecule has 1 atom stereocenters. The first-order valence-corrected chi connectivity index (χ1v) is 5.97. The molecule has 2 rings (SSSR count). The summed E-state index contributed by atoms with van der Waals surface area (Å²) in [6, 6.07) is 14.8. The summed E-state index contributed by atoms with van der Waals surface area (Å²) >= 11 is 0. The molecule has 0 aliphatic rings. The largest absolute Gasteiger partial charge is 0.469 e. The Morgan fingerprint density at radius 3 is 2.63 bits per heavy atom. The van der Waals surface area contributed by atoms with E-state index in [1.165, 1.54) is 11.2 Å². The van der Waals surface area contributed by atoms with Crippen LogP contribution in [0, 0.1) is 17.2 Å². The number of carbonyl (C=O) groups excluding carboxylic acids is 1. The van der Waals surface area contributed by atoms with Crippen LogP contribution >= 0.6 is 0 Å². The summed E-state index contributed by atoms with van der Waals surface area (Å²) in [5.41, 5.74) is 0.771. The zero-order valence-electron chi connectivity index (χ0n) is 10.6. The summed E-state index contributed by atoms with van der Waals surface area (Å²) in [4.78, 5) is 13.8. The van der Waals surface area contributed by atoms with E-state index in [0.29, 0.717) is 12.2 Å². The fraction of sp³-hybridized carbons (Fsp3) is 0.200. The van der Waals surface area contributed by atoms with Crippen LogP contribution in [0.3, 0.4) is 0 Å². The maximum absolute atomic E-state index is 12.3. The topological polar surface area (TPSA) is 57.2 Å². The molecule has 2 aromatic rings. The summed E-state index contributed by atoms with van der Waals surface area (Å²) in [5, 5.41) is 9.15. The summed E-state index contributed by atoms with van der Waals surface area (Å²) in [6.45, 7) is 0. The average Bonchev–Trinajstić information content (AvgIpc) is 2.97. The van der Waals surface area contributed by atoms with Crippen LogP contribution in [0.5, 0.6) is 0 Å². The Balaban J connectivity index is 2.11. The van der Waals surface area contributed by atoms with E-state index < -0.39 is 5.92 Å². The van der Waals surface area contributed by atoms with E-state index in [-0.39, 0.29) is 5.91 Å². The van der Waals surface area contributed by atoms with Gasteiger partial charge in [0.1, 0.15) is 11.7 Å². The number of carbonyl (C=O) groups is 1. The van der Waals surface area contributed by atoms with Gasteiger partial charge in [-0.15, -0.1) is 0 Å². The van der Waals surface area contributed by atoms with Crippen molar-refractivity contribution in [1.29, 1.82) is 5.26 Å². The number of amides is 1. The normalized spacial score (nSPS) is 11.6. The fourth-order valence-corrected chi connectivity index (χ4v) is 1.83. The van der Waals surface area contributed by atoms with E-state index in [9.17, 15) is 4.79 Å². The molecule has 0 bridgehead atoms. The minimum atomic E-state index is -0.739. The Morgan fingerprint density at radius 1 is 1.32 bits per heavy atom. The van der Waals surface area contributed by atoms with Gasteiger partial charge in [-0.05, 0) is 24.3 Å². The van der Waals surface area contributed by atoms with Crippen molar-refractivity contribution in [2.45, 2.75) is 6.42 Å². The van der Waals surface area contributed by atoms with E-state index in [2.05, 4.69) is 0 Å². The number of anilines is 1. The summed E-state index contributed by atoms with van der Waals surface area (Å²) in [6.07, 6.45) is 1.83. The molecule has 96 valence electrons. The third-order valence-electron chi connectivity index (χ3n) is 2.91. The molecule has 0 spiro atoms. The van der Waals surface area contributed by atoms with Crippen LogP contribution in [0.2, 0.25) is 0 Å². The van der Waals surface area contributed by atoms with E-state index in [1.807, 2.05) is 36.4 Å². The van der Waals surface area contributed by atoms with E-state index in [0.717, 1.165) is 5.69 Å². The van der Waals surface area contributed by atoms with Crippen LogP contribution in [0.15, 0.2) is 53.1 Å². The van der Waals surface area contributed by atoms with Gasteiger partial charge in [0.05, 0.1) is 12.3 Å². The van der Waals surface area contributed by atoms with Gasteiger partial charge in [0.25, 0.3) is 0 Å². The van der Waals surface area contributed by atoms with Crippen molar-refractivity contribution in [3.05, 3.63) is 54.5 Å². The minimum absolute atomic E-state index is 0.231. The summed E-state index contributed by atoms with van der Waals surface area (Å²) < 4.78 is 5.18. The number of para-hydroxylation sites is 1. The van der Waals surface area contributed by atoms with Gasteiger partial charge in [-0.3, -0.25) is 4.79 Å². The molecule has 1 unspecified atom stereocenters. The molecule has 1 aromatic carbocycles. The Bertz CT molecular complexity index is 570. The van der Waals surface area contributed by atoms with Crippen molar-refractivity contribution in [2.24, 2.45) is 5.92 Å². The Labute approximate surface area is 111 Å². The number of hydrogen-bond acceptors (Lipinski definition) is 3. The molecule has 4 nitrogen and oxygen atoms in total. The molecular formula is C15H14N2O2. The summed E-state index contributed by atoms with van der Waals surface area (Å²) in [7, 11) is 1.67. The number of rotatable bonds is 4. The first-order valence-electron chi connectivity index (χ1n) is 5.97. The monoisotopic (exact) mass is 254 g/mol. The number of nitrogens with zero attached hydrogens (tertiary/aromatic N) is 2. The van der Waals surface area contributed by atoms with Crippen molar-refractivity contribution in [2.75, 3.05) is 11.9 Å². The highest BCUT2D eigenvalue weighted by Gasteiger charge is 2.23. The average molecular weight is 254 g/mol. The van der Waals surface area contributed by atoms with Crippen LogP contribution in [0.1, 0.15) is 5.76 Å². The molecule has 4 heteroatoms. The predicted octanol–water partition coefficient (Wildman–Crippen LogP) is 2.62. The molecule has 0 aliphatic carbocycles. The highest BCUT2D eigenvalue weighted by atomic mass is 16.3. The number of hydrogen-bond donors (Lipinski definition) is 0. The van der Waals surface area contributed by atoms with Gasteiger partial charge in [0.15, 0.2) is 0 Å². The zero-order valence-corrected chi connectivity index (χ0v) is 10.6. The van der Waals surface area contributed by atoms with E-state index >= 15 is 0 Å². The zero-order chi connectivity index (χ0) is 13.7. The lowest BCUT2D eigenvalue weighted by molar-refractivity contribution is -0.120. The second-order valence-corrected chi connectivity index (χ2v) is 4.20. The second kappa shape index (κ2) is 5.87. The van der Waals surface area contributed by atoms with Crippen molar-refractivity contribution < 1.29 is 9.21 Å². The molecule has 1 amide bonds. The molecule has 0 N–H and O–H groups in total. The molecule has 0 fully saturated rings. The highest BCUT2D eigenvalue weighted by Crippen LogP contribution is 2.17. The molecular weight excluding hydrogens is 240 g/mol. The van der Waals surface area contributed by atoms with Crippen molar-refractivity contribution >= 4 is 11.6 Å². The van der Waals surface area contributed by atoms with E-state index in [1.54, 1.807) is 19.2 Å². The Morgan fingerprint density at radius 2 is 2.05 bits per heavy atom. The number of nitriles is 1. The maximum Gasteiger partial charge on any atom is 0.244 e. The Hall–Kier alpha value is -2.54. The van der Waals surface area contributed by atoms with Gasteiger partial charge in [-0.2, -0.15) is 5.26 Å². The third kappa shape index (κ3) is 3.02. The molecule has 1 aromatic heterocycles. The SMILES string of the molecule is CN(C(=O)C(C#N)Cc1ccco1)c1ccccc1. The first kappa shape index (κ1) is 12.9. The van der Waals surface area contributed by atoms with Crippen molar-refractivity contribution in [3.8, 4) is 6.07 Å². The maximum atomic E-state index is 12.3. The minimum Gasteiger partial charge on any atom is -0.469 e. The van der Waals surface area contributed by atoms with Gasteiger partial charge >= 0.3 is 0 Å².